The Balaban J connectivity index is 0.000000673. The predicted octanol–water partition coefficient (Wildman–Crippen LogP) is 5.41. The van der Waals surface area contributed by atoms with E-state index in [9.17, 15) is 22.8 Å². The van der Waals surface area contributed by atoms with Gasteiger partial charge in [-0.05, 0) is 40.2 Å². The molecule has 1 amide bonds. The van der Waals surface area contributed by atoms with Crippen molar-refractivity contribution >= 4 is 44.2 Å². The van der Waals surface area contributed by atoms with Crippen LogP contribution in [0.4, 0.5) is 13.2 Å². The summed E-state index contributed by atoms with van der Waals surface area (Å²) in [5.41, 5.74) is 0.717. The van der Waals surface area contributed by atoms with Gasteiger partial charge in [0, 0.05) is 37.6 Å². The van der Waals surface area contributed by atoms with Crippen LogP contribution in [0.5, 0.6) is 5.75 Å². The first-order valence-electron chi connectivity index (χ1n) is 12.7. The van der Waals surface area contributed by atoms with Gasteiger partial charge in [0.1, 0.15) is 10.3 Å². The zero-order chi connectivity index (χ0) is 29.5. The number of rotatable bonds is 10. The molecular weight excluding hydrogens is 535 g/mol. The van der Waals surface area contributed by atoms with Gasteiger partial charge in [-0.25, -0.2) is 4.79 Å². The number of hydrogen-bond acceptors (Lipinski definition) is 6. The Kier molecular flexibility index (Phi) is 11.3. The second kappa shape index (κ2) is 13.8. The van der Waals surface area contributed by atoms with Crippen LogP contribution in [-0.2, 0) is 11.8 Å². The Labute approximate surface area is 229 Å². The van der Waals surface area contributed by atoms with Crippen LogP contribution in [0, 0.1) is 0 Å². The van der Waals surface area contributed by atoms with Crippen molar-refractivity contribution in [3.63, 3.8) is 0 Å². The number of carbonyl (C=O) groups excluding carboxylic acids is 1. The fourth-order valence-corrected chi connectivity index (χ4v) is 5.32. The van der Waals surface area contributed by atoms with Crippen molar-refractivity contribution in [2.45, 2.75) is 65.7 Å². The number of nitrogens with one attached hydrogen (secondary N) is 1. The molecule has 0 unspecified atom stereocenters. The van der Waals surface area contributed by atoms with Gasteiger partial charge in [-0.15, -0.1) is 11.3 Å². The number of benzene rings is 1. The van der Waals surface area contributed by atoms with E-state index in [-0.39, 0.29) is 11.5 Å². The lowest BCUT2D eigenvalue weighted by molar-refractivity contribution is -0.192. The van der Waals surface area contributed by atoms with E-state index in [0.29, 0.717) is 41.2 Å². The van der Waals surface area contributed by atoms with Crippen LogP contribution in [0.25, 0.3) is 21.0 Å². The molecule has 0 aliphatic carbocycles. The molecule has 0 atom stereocenters. The minimum absolute atomic E-state index is 0.133. The molecule has 0 radical (unpaired) electrons. The highest BCUT2D eigenvalue weighted by molar-refractivity contribution is 7.22. The summed E-state index contributed by atoms with van der Waals surface area (Å²) in [5.74, 6) is -2.52. The van der Waals surface area contributed by atoms with Gasteiger partial charge in [0.25, 0.3) is 11.5 Å². The SMILES string of the molecule is CCCCOc1c(C(=O)NCCN(C(C)C)C(C)C)sc2c1c(=O)n(C)c1ccccc21.O=C(O)C(F)(F)F. The number of halogens is 3. The monoisotopic (exact) mass is 571 g/mol. The van der Waals surface area contributed by atoms with Gasteiger partial charge in [0.15, 0.2) is 5.75 Å². The average molecular weight is 572 g/mol. The molecule has 0 spiro atoms. The summed E-state index contributed by atoms with van der Waals surface area (Å²) >= 11 is 1.35. The largest absolute Gasteiger partial charge is 0.491 e. The smallest absolute Gasteiger partial charge is 0.490 e. The summed E-state index contributed by atoms with van der Waals surface area (Å²) in [6.07, 6.45) is -3.24. The second-order valence-corrected chi connectivity index (χ2v) is 10.6. The van der Waals surface area contributed by atoms with Crippen molar-refractivity contribution in [1.29, 1.82) is 0 Å². The van der Waals surface area contributed by atoms with Crippen LogP contribution >= 0.6 is 11.3 Å². The zero-order valence-electron chi connectivity index (χ0n) is 23.0. The highest BCUT2D eigenvalue weighted by Crippen LogP contribution is 2.39. The summed E-state index contributed by atoms with van der Waals surface area (Å²) in [6.45, 7) is 12.5. The maximum atomic E-state index is 13.2. The number of amides is 1. The van der Waals surface area contributed by atoms with Crippen molar-refractivity contribution < 1.29 is 32.6 Å². The number of para-hydroxylation sites is 1. The fourth-order valence-electron chi connectivity index (χ4n) is 4.13. The molecule has 0 saturated carbocycles. The van der Waals surface area contributed by atoms with Crippen LogP contribution in [0.3, 0.4) is 0 Å². The molecule has 8 nitrogen and oxygen atoms in total. The molecule has 3 rings (SSSR count). The van der Waals surface area contributed by atoms with Gasteiger partial charge in [0.05, 0.1) is 16.8 Å². The summed E-state index contributed by atoms with van der Waals surface area (Å²) in [6, 6.07) is 8.60. The standard InChI is InChI=1S/C25H35N3O3S.C2HF3O2/c1-7-8-15-31-21-20-22(18-11-9-10-12-19(18)27(6)25(20)30)32-23(21)24(29)26-13-14-28(16(2)3)17(4)5;3-2(4,5)1(6)7/h9-12,16-17H,7-8,13-15H2,1-6H3,(H,26,29);(H,6,7). The molecule has 0 aliphatic rings. The summed E-state index contributed by atoms with van der Waals surface area (Å²) in [5, 5.41) is 11.6. The van der Waals surface area contributed by atoms with Gasteiger partial charge in [-0.3, -0.25) is 14.5 Å². The lowest BCUT2D eigenvalue weighted by Crippen LogP contribution is -2.42. The highest BCUT2D eigenvalue weighted by atomic mass is 32.1. The van der Waals surface area contributed by atoms with E-state index in [4.69, 9.17) is 14.6 Å². The molecule has 216 valence electrons. The van der Waals surface area contributed by atoms with E-state index >= 15 is 0 Å². The number of alkyl halides is 3. The number of thiophene rings is 1. The predicted molar refractivity (Wildman–Crippen MR) is 148 cm³/mol. The Morgan fingerprint density at radius 1 is 1.15 bits per heavy atom. The quantitative estimate of drug-likeness (QED) is 0.316. The van der Waals surface area contributed by atoms with Gasteiger partial charge in [0.2, 0.25) is 0 Å². The van der Waals surface area contributed by atoms with Gasteiger partial charge in [-0.1, -0.05) is 31.5 Å². The minimum Gasteiger partial charge on any atom is -0.491 e. The van der Waals surface area contributed by atoms with Crippen LogP contribution in [-0.4, -0.2) is 64.4 Å². The number of aliphatic carboxylic acids is 1. The average Bonchev–Trinajstić information content (AvgIpc) is 3.24. The van der Waals surface area contributed by atoms with E-state index in [1.807, 2.05) is 24.3 Å². The lowest BCUT2D eigenvalue weighted by atomic mass is 10.1. The molecule has 2 aromatic heterocycles. The number of fused-ring (bicyclic) bond motifs is 3. The molecule has 2 N–H and O–H groups in total. The van der Waals surface area contributed by atoms with Crippen molar-refractivity contribution in [3.8, 4) is 5.75 Å². The third-order valence-corrected chi connectivity index (χ3v) is 7.27. The van der Waals surface area contributed by atoms with E-state index in [2.05, 4.69) is 44.8 Å². The maximum absolute atomic E-state index is 13.2. The lowest BCUT2D eigenvalue weighted by Gasteiger charge is -2.30. The Bertz CT molecular complexity index is 1340. The van der Waals surface area contributed by atoms with Crippen molar-refractivity contribution in [2.24, 2.45) is 7.05 Å². The van der Waals surface area contributed by atoms with Crippen LogP contribution in [0.15, 0.2) is 29.1 Å². The van der Waals surface area contributed by atoms with Crippen molar-refractivity contribution in [1.82, 2.24) is 14.8 Å². The van der Waals surface area contributed by atoms with Crippen LogP contribution in [0.1, 0.15) is 57.1 Å². The summed E-state index contributed by atoms with van der Waals surface area (Å²) < 4.78 is 40.3. The number of carboxylic acid groups (broad SMARTS) is 1. The Hall–Kier alpha value is -3.12. The molecule has 12 heteroatoms. The van der Waals surface area contributed by atoms with E-state index < -0.39 is 12.1 Å². The van der Waals surface area contributed by atoms with Crippen LogP contribution in [0.2, 0.25) is 0 Å². The van der Waals surface area contributed by atoms with E-state index in [1.165, 1.54) is 11.3 Å². The van der Waals surface area contributed by atoms with Crippen molar-refractivity contribution in [3.05, 3.63) is 39.5 Å². The molecule has 2 heterocycles. The first-order valence-corrected chi connectivity index (χ1v) is 13.5. The summed E-state index contributed by atoms with van der Waals surface area (Å²) in [4.78, 5) is 38.2. The zero-order valence-corrected chi connectivity index (χ0v) is 23.8. The number of hydrogen-bond donors (Lipinski definition) is 2. The van der Waals surface area contributed by atoms with E-state index in [0.717, 1.165) is 35.0 Å². The number of nitrogens with zero attached hydrogens (tertiary/aromatic N) is 2. The Morgan fingerprint density at radius 2 is 1.74 bits per heavy atom. The third-order valence-electron chi connectivity index (χ3n) is 6.07. The molecule has 1 aromatic carbocycles. The van der Waals surface area contributed by atoms with Crippen LogP contribution < -0.4 is 15.6 Å². The highest BCUT2D eigenvalue weighted by Gasteiger charge is 2.38. The first-order chi connectivity index (χ1) is 18.2. The molecule has 3 aromatic rings. The normalized spacial score (nSPS) is 11.8. The van der Waals surface area contributed by atoms with E-state index in [1.54, 1.807) is 11.6 Å². The number of carbonyl (C=O) groups is 2. The number of carboxylic acids is 1. The number of aryl methyl sites for hydroxylation is 1. The molecule has 0 aliphatic heterocycles. The molecular formula is C27H36F3N3O5S. The minimum atomic E-state index is -5.08. The third kappa shape index (κ3) is 7.95. The summed E-state index contributed by atoms with van der Waals surface area (Å²) in [7, 11) is 1.77. The first kappa shape index (κ1) is 32.1. The maximum Gasteiger partial charge on any atom is 0.490 e. The Morgan fingerprint density at radius 3 is 2.28 bits per heavy atom. The second-order valence-electron chi connectivity index (χ2n) is 9.53. The number of ether oxygens (including phenoxy) is 1. The number of aromatic nitrogens is 1. The number of pyridine rings is 1. The molecule has 39 heavy (non-hydrogen) atoms. The molecule has 0 saturated heterocycles. The van der Waals surface area contributed by atoms with Gasteiger partial charge < -0.3 is 19.7 Å². The van der Waals surface area contributed by atoms with Gasteiger partial charge >= 0.3 is 12.1 Å². The van der Waals surface area contributed by atoms with Gasteiger partial charge in [-0.2, -0.15) is 13.2 Å². The molecule has 0 fully saturated rings. The topological polar surface area (TPSA) is 101 Å². The number of unbranched alkanes of at least 4 members (excludes halogenated alkanes) is 1. The van der Waals surface area contributed by atoms with Crippen molar-refractivity contribution in [2.75, 3.05) is 19.7 Å². The fraction of sp³-hybridized carbons (Fsp3) is 0.519. The molecule has 0 bridgehead atoms.